The normalized spacial score (nSPS) is 22.8. The number of benzene rings is 1. The van der Waals surface area contributed by atoms with Crippen LogP contribution in [0.1, 0.15) is 21.6 Å². The average Bonchev–Trinajstić information content (AvgIpc) is 3.07. The maximum absolute atomic E-state index is 12.9. The van der Waals surface area contributed by atoms with Gasteiger partial charge in [0, 0.05) is 49.7 Å². The molecule has 1 aliphatic heterocycles. The van der Waals surface area contributed by atoms with Crippen molar-refractivity contribution in [2.45, 2.75) is 19.9 Å². The summed E-state index contributed by atoms with van der Waals surface area (Å²) >= 11 is 1.51. The van der Waals surface area contributed by atoms with Gasteiger partial charge in [-0.2, -0.15) is 5.10 Å². The van der Waals surface area contributed by atoms with Crippen molar-refractivity contribution in [3.8, 4) is 11.3 Å². The Balaban J connectivity index is 1.38. The number of rotatable bonds is 5. The fourth-order valence-corrected chi connectivity index (χ4v) is 4.53. The number of piperidine rings is 1. The van der Waals surface area contributed by atoms with Crippen LogP contribution in [0.4, 0.5) is 0 Å². The number of aryl methyl sites for hydroxylation is 2. The molecule has 1 aromatic carbocycles. The van der Waals surface area contributed by atoms with Gasteiger partial charge in [0.15, 0.2) is 0 Å². The summed E-state index contributed by atoms with van der Waals surface area (Å²) in [6.45, 7) is 5.53. The van der Waals surface area contributed by atoms with Crippen LogP contribution in [-0.2, 0) is 4.79 Å². The SMILES string of the molecule is CS/C=C/C(=O)N(C)C1[C@H]2CN(C(=O)c3cc(-c4ccc(C)c(C)c4)n[nH]3)C[C@@H]12. The Morgan fingerprint density at radius 2 is 1.93 bits per heavy atom. The zero-order chi connectivity index (χ0) is 20.7. The first-order chi connectivity index (χ1) is 13.9. The summed E-state index contributed by atoms with van der Waals surface area (Å²) in [4.78, 5) is 28.7. The summed E-state index contributed by atoms with van der Waals surface area (Å²) in [5.41, 5.74) is 4.74. The van der Waals surface area contributed by atoms with E-state index in [1.54, 1.807) is 11.5 Å². The number of H-pyrrole nitrogens is 1. The minimum atomic E-state index is -0.0187. The van der Waals surface area contributed by atoms with Gasteiger partial charge in [0.05, 0.1) is 5.69 Å². The number of carbonyl (C=O) groups excluding carboxylic acids is 2. The Kier molecular flexibility index (Phi) is 5.25. The Bertz CT molecular complexity index is 971. The first kappa shape index (κ1) is 19.8. The van der Waals surface area contributed by atoms with Crippen molar-refractivity contribution in [1.29, 1.82) is 0 Å². The summed E-state index contributed by atoms with van der Waals surface area (Å²) in [7, 11) is 1.85. The number of amides is 2. The van der Waals surface area contributed by atoms with E-state index in [0.717, 1.165) is 11.3 Å². The van der Waals surface area contributed by atoms with E-state index >= 15 is 0 Å². The molecule has 0 bridgehead atoms. The Labute approximate surface area is 175 Å². The van der Waals surface area contributed by atoms with E-state index < -0.39 is 0 Å². The predicted octanol–water partition coefficient (Wildman–Crippen LogP) is 3.10. The molecule has 0 spiro atoms. The fourth-order valence-electron chi connectivity index (χ4n) is 4.28. The third-order valence-electron chi connectivity index (χ3n) is 6.19. The number of fused-ring (bicyclic) bond motifs is 1. The Hall–Kier alpha value is -2.54. The molecule has 1 aromatic heterocycles. The minimum Gasteiger partial charge on any atom is -0.339 e. The molecule has 2 fully saturated rings. The van der Waals surface area contributed by atoms with E-state index in [1.165, 1.54) is 22.9 Å². The number of aromatic nitrogens is 2. The molecular weight excluding hydrogens is 384 g/mol. The number of aromatic amines is 1. The molecular formula is C22H26N4O2S. The number of nitrogens with zero attached hydrogens (tertiary/aromatic N) is 3. The lowest BCUT2D eigenvalue weighted by Crippen LogP contribution is -2.38. The number of thioether (sulfide) groups is 1. The second-order valence-corrected chi connectivity index (χ2v) is 8.73. The van der Waals surface area contributed by atoms with Crippen LogP contribution in [0.25, 0.3) is 11.3 Å². The lowest BCUT2D eigenvalue weighted by molar-refractivity contribution is -0.125. The van der Waals surface area contributed by atoms with Crippen molar-refractivity contribution in [2.24, 2.45) is 11.8 Å². The standard InChI is InChI=1S/C22H26N4O2S/c1-13-5-6-15(9-14(13)2)18-10-19(24-23-18)22(28)26-11-16-17(12-26)21(16)25(3)20(27)7-8-29-4/h5-10,16-17,21H,11-12H2,1-4H3,(H,23,24)/b8-7+/t16-,17+,21?. The van der Waals surface area contributed by atoms with Crippen LogP contribution >= 0.6 is 11.8 Å². The molecule has 2 aromatic rings. The van der Waals surface area contributed by atoms with E-state index in [4.69, 9.17) is 0 Å². The smallest absolute Gasteiger partial charge is 0.271 e. The first-order valence-corrected chi connectivity index (χ1v) is 11.1. The van der Waals surface area contributed by atoms with Gasteiger partial charge in [0.1, 0.15) is 5.69 Å². The summed E-state index contributed by atoms with van der Waals surface area (Å²) in [6, 6.07) is 8.26. The predicted molar refractivity (Wildman–Crippen MR) is 116 cm³/mol. The molecule has 152 valence electrons. The molecule has 0 radical (unpaired) electrons. The Morgan fingerprint density at radius 3 is 2.59 bits per heavy atom. The molecule has 1 aliphatic carbocycles. The van der Waals surface area contributed by atoms with Gasteiger partial charge in [-0.3, -0.25) is 14.7 Å². The van der Waals surface area contributed by atoms with Gasteiger partial charge < -0.3 is 9.80 Å². The molecule has 1 saturated carbocycles. The number of hydrogen-bond acceptors (Lipinski definition) is 4. The molecule has 1 N–H and O–H groups in total. The zero-order valence-electron chi connectivity index (χ0n) is 17.2. The maximum Gasteiger partial charge on any atom is 0.271 e. The minimum absolute atomic E-state index is 0.0187. The van der Waals surface area contributed by atoms with Gasteiger partial charge >= 0.3 is 0 Å². The van der Waals surface area contributed by atoms with Gasteiger partial charge in [0.25, 0.3) is 5.91 Å². The Morgan fingerprint density at radius 1 is 1.21 bits per heavy atom. The third-order valence-corrected chi connectivity index (χ3v) is 6.60. The summed E-state index contributed by atoms with van der Waals surface area (Å²) < 4.78 is 0. The quantitative estimate of drug-likeness (QED) is 0.769. The number of hydrogen-bond donors (Lipinski definition) is 1. The summed E-state index contributed by atoms with van der Waals surface area (Å²) in [5.74, 6) is 0.758. The molecule has 6 nitrogen and oxygen atoms in total. The molecule has 2 amide bonds. The zero-order valence-corrected chi connectivity index (χ0v) is 18.0. The van der Waals surface area contributed by atoms with Crippen molar-refractivity contribution in [1.82, 2.24) is 20.0 Å². The number of likely N-dealkylation sites (N-methyl/N-ethyl adjacent to an activating group) is 1. The largest absolute Gasteiger partial charge is 0.339 e. The summed E-state index contributed by atoms with van der Waals surface area (Å²) in [5, 5.41) is 9.05. The third kappa shape index (κ3) is 3.71. The molecule has 2 heterocycles. The van der Waals surface area contributed by atoms with Crippen molar-refractivity contribution in [3.05, 3.63) is 52.6 Å². The molecule has 1 saturated heterocycles. The molecule has 29 heavy (non-hydrogen) atoms. The van der Waals surface area contributed by atoms with Crippen molar-refractivity contribution in [3.63, 3.8) is 0 Å². The van der Waals surface area contributed by atoms with E-state index in [1.807, 2.05) is 35.2 Å². The van der Waals surface area contributed by atoms with Crippen molar-refractivity contribution < 1.29 is 9.59 Å². The average molecular weight is 411 g/mol. The first-order valence-electron chi connectivity index (χ1n) is 9.79. The molecule has 2 aliphatic rings. The highest BCUT2D eigenvalue weighted by Gasteiger charge is 2.59. The highest BCUT2D eigenvalue weighted by atomic mass is 32.2. The van der Waals surface area contributed by atoms with Crippen LogP contribution in [-0.4, -0.2) is 64.2 Å². The lowest BCUT2D eigenvalue weighted by Gasteiger charge is -2.23. The lowest BCUT2D eigenvalue weighted by atomic mass is 10.0. The van der Waals surface area contributed by atoms with E-state index in [0.29, 0.717) is 30.6 Å². The van der Waals surface area contributed by atoms with Gasteiger partial charge in [-0.1, -0.05) is 12.1 Å². The van der Waals surface area contributed by atoms with E-state index in [-0.39, 0.29) is 17.9 Å². The van der Waals surface area contributed by atoms with Crippen LogP contribution < -0.4 is 0 Å². The molecule has 1 unspecified atom stereocenters. The van der Waals surface area contributed by atoms with Crippen LogP contribution in [0.5, 0.6) is 0 Å². The van der Waals surface area contributed by atoms with E-state index in [2.05, 4.69) is 36.2 Å². The maximum atomic E-state index is 12.9. The number of carbonyl (C=O) groups is 2. The molecule has 4 rings (SSSR count). The highest BCUT2D eigenvalue weighted by molar-refractivity contribution is 8.01. The van der Waals surface area contributed by atoms with Gasteiger partial charge in [0.2, 0.25) is 5.91 Å². The van der Waals surface area contributed by atoms with Gasteiger partial charge in [-0.15, -0.1) is 11.8 Å². The second kappa shape index (κ2) is 7.71. The monoisotopic (exact) mass is 410 g/mol. The topological polar surface area (TPSA) is 69.3 Å². The molecule has 7 heteroatoms. The van der Waals surface area contributed by atoms with E-state index in [9.17, 15) is 9.59 Å². The van der Waals surface area contributed by atoms with Crippen molar-refractivity contribution in [2.75, 3.05) is 26.4 Å². The van der Waals surface area contributed by atoms with Crippen molar-refractivity contribution >= 4 is 23.6 Å². The van der Waals surface area contributed by atoms with Crippen LogP contribution in [0.3, 0.4) is 0 Å². The highest BCUT2D eigenvalue weighted by Crippen LogP contribution is 2.48. The second-order valence-electron chi connectivity index (χ2n) is 7.98. The van der Waals surface area contributed by atoms with Crippen LogP contribution in [0, 0.1) is 25.7 Å². The molecule has 3 atom stereocenters. The number of likely N-dealkylation sites (tertiary alicyclic amines) is 1. The van der Waals surface area contributed by atoms with Crippen LogP contribution in [0.2, 0.25) is 0 Å². The van der Waals surface area contributed by atoms with Gasteiger partial charge in [-0.25, -0.2) is 0 Å². The summed E-state index contributed by atoms with van der Waals surface area (Å²) in [6.07, 6.45) is 3.54. The number of nitrogens with one attached hydrogen (secondary N) is 1. The van der Waals surface area contributed by atoms with Gasteiger partial charge in [-0.05, 0) is 48.8 Å². The fraction of sp³-hybridized carbons (Fsp3) is 0.409. The van der Waals surface area contributed by atoms with Crippen LogP contribution in [0.15, 0.2) is 35.7 Å².